The van der Waals surface area contributed by atoms with Gasteiger partial charge in [-0.1, -0.05) is 24.8 Å². The van der Waals surface area contributed by atoms with Gasteiger partial charge >= 0.3 is 11.9 Å². The molecule has 2 rings (SSSR count). The number of phenols is 1. The smallest absolute Gasteiger partial charge is 0.339 e. The summed E-state index contributed by atoms with van der Waals surface area (Å²) in [5, 5.41) is 10.8. The van der Waals surface area contributed by atoms with E-state index in [1.807, 2.05) is 0 Å². The number of carbonyl (C=O) groups is 2. The SMILES string of the molecule is C=Cc1cc(OCCOCCOCCOCCOCCOCCOCCOCCOCCOCCOCCOC)c(/C=C/c2cc(C(=O)OCCOCCOCCOCCOCCOCCOCCOCCOCCOCCOCCOC)c(Br)cc2C(=O)OCC)cc1O. The quantitative estimate of drug-likeness (QED) is 0.0499. The Labute approximate surface area is 570 Å². The molecule has 0 aromatic heterocycles. The van der Waals surface area contributed by atoms with Gasteiger partial charge in [-0.2, -0.15) is 0 Å². The van der Waals surface area contributed by atoms with Crippen LogP contribution in [0.15, 0.2) is 35.3 Å². The van der Waals surface area contributed by atoms with E-state index in [0.29, 0.717) is 285 Å². The lowest BCUT2D eigenvalue weighted by atomic mass is 10.0. The second-order valence-corrected chi connectivity index (χ2v) is 20.2. The molecular weight excluding hydrogens is 1320 g/mol. The molecule has 0 saturated heterocycles. The van der Waals surface area contributed by atoms with E-state index in [4.69, 9.17) is 118 Å². The van der Waals surface area contributed by atoms with Crippen molar-refractivity contribution in [3.8, 4) is 11.5 Å². The van der Waals surface area contributed by atoms with Gasteiger partial charge in [0.25, 0.3) is 0 Å². The first-order valence-corrected chi connectivity index (χ1v) is 33.2. The molecule has 0 unspecified atom stereocenters. The molecule has 0 atom stereocenters. The molecule has 0 fully saturated rings. The molecular formula is C66H109BrO28. The van der Waals surface area contributed by atoms with Crippen molar-refractivity contribution in [1.82, 2.24) is 0 Å². The molecule has 2 aromatic rings. The average molecular weight is 1430 g/mol. The fraction of sp³-hybridized carbons (Fsp3) is 0.727. The lowest BCUT2D eigenvalue weighted by Gasteiger charge is -2.13. The van der Waals surface area contributed by atoms with Crippen LogP contribution in [0, 0.1) is 0 Å². The van der Waals surface area contributed by atoms with Crippen molar-refractivity contribution in [2.45, 2.75) is 6.92 Å². The summed E-state index contributed by atoms with van der Waals surface area (Å²) in [6.07, 6.45) is 4.78. The number of aromatic hydroxyl groups is 1. The van der Waals surface area contributed by atoms with E-state index < -0.39 is 11.9 Å². The maximum Gasteiger partial charge on any atom is 0.339 e. The third kappa shape index (κ3) is 51.8. The lowest BCUT2D eigenvalue weighted by molar-refractivity contribution is -0.0276. The van der Waals surface area contributed by atoms with Crippen LogP contribution in [0.4, 0.5) is 0 Å². The molecule has 0 heterocycles. The molecule has 0 amide bonds. The molecule has 28 nitrogen and oxygen atoms in total. The van der Waals surface area contributed by atoms with Crippen molar-refractivity contribution in [2.75, 3.05) is 312 Å². The first kappa shape index (κ1) is 87.1. The zero-order valence-electron chi connectivity index (χ0n) is 56.4. The van der Waals surface area contributed by atoms with Crippen LogP contribution in [0.3, 0.4) is 0 Å². The van der Waals surface area contributed by atoms with E-state index >= 15 is 0 Å². The van der Waals surface area contributed by atoms with Gasteiger partial charge < -0.3 is 124 Å². The van der Waals surface area contributed by atoms with Crippen LogP contribution < -0.4 is 4.74 Å². The van der Waals surface area contributed by atoms with Crippen LogP contribution in [0.25, 0.3) is 18.2 Å². The van der Waals surface area contributed by atoms with Gasteiger partial charge in [-0.3, -0.25) is 0 Å². The van der Waals surface area contributed by atoms with E-state index in [2.05, 4.69) is 22.5 Å². The molecule has 29 heteroatoms. The number of halogens is 1. The predicted octanol–water partition coefficient (Wildman–Crippen LogP) is 5.31. The number of hydrogen-bond donors (Lipinski definition) is 1. The second-order valence-electron chi connectivity index (χ2n) is 19.3. The molecule has 0 spiro atoms. The fourth-order valence-corrected chi connectivity index (χ4v) is 7.90. The Bertz CT molecular complexity index is 2130. The van der Waals surface area contributed by atoms with Crippen molar-refractivity contribution in [3.05, 3.63) is 63.1 Å². The highest BCUT2D eigenvalue weighted by Gasteiger charge is 2.20. The van der Waals surface area contributed by atoms with E-state index in [0.717, 1.165) is 0 Å². The Hall–Kier alpha value is -3.94. The van der Waals surface area contributed by atoms with Gasteiger partial charge in [-0.15, -0.1) is 0 Å². The number of carbonyl (C=O) groups excluding carboxylic acids is 2. The summed E-state index contributed by atoms with van der Waals surface area (Å²) < 4.78 is 137. The Morgan fingerprint density at radius 1 is 0.337 bits per heavy atom. The maximum atomic E-state index is 13.3. The Balaban J connectivity index is 1.52. The van der Waals surface area contributed by atoms with Crippen molar-refractivity contribution in [1.29, 1.82) is 0 Å². The molecule has 1 N–H and O–H groups in total. The van der Waals surface area contributed by atoms with Crippen LogP contribution in [-0.4, -0.2) is 329 Å². The minimum Gasteiger partial charge on any atom is -0.507 e. The van der Waals surface area contributed by atoms with Crippen molar-refractivity contribution in [2.24, 2.45) is 0 Å². The highest BCUT2D eigenvalue weighted by Crippen LogP contribution is 2.32. The summed E-state index contributed by atoms with van der Waals surface area (Å²) in [4.78, 5) is 26.4. The predicted molar refractivity (Wildman–Crippen MR) is 353 cm³/mol. The molecule has 0 radical (unpaired) electrons. The third-order valence-electron chi connectivity index (χ3n) is 12.2. The number of ether oxygens (including phenoxy) is 25. The van der Waals surface area contributed by atoms with Crippen LogP contribution in [-0.2, 0) is 114 Å². The van der Waals surface area contributed by atoms with E-state index in [1.165, 1.54) is 24.3 Å². The van der Waals surface area contributed by atoms with Crippen LogP contribution in [0.5, 0.6) is 11.5 Å². The fourth-order valence-electron chi connectivity index (χ4n) is 7.40. The van der Waals surface area contributed by atoms with Gasteiger partial charge in [0.2, 0.25) is 0 Å². The number of rotatable bonds is 73. The van der Waals surface area contributed by atoms with Gasteiger partial charge in [0.15, 0.2) is 0 Å². The van der Waals surface area contributed by atoms with Gasteiger partial charge in [0.1, 0.15) is 24.7 Å². The van der Waals surface area contributed by atoms with Crippen LogP contribution in [0.2, 0.25) is 0 Å². The highest BCUT2D eigenvalue weighted by atomic mass is 79.9. The zero-order valence-corrected chi connectivity index (χ0v) is 58.0. The monoisotopic (exact) mass is 1430 g/mol. The van der Waals surface area contributed by atoms with Crippen molar-refractivity contribution < 1.29 is 133 Å². The van der Waals surface area contributed by atoms with Crippen LogP contribution >= 0.6 is 15.9 Å². The third-order valence-corrected chi connectivity index (χ3v) is 12.8. The Kier molecular flexibility index (Phi) is 61.7. The minimum atomic E-state index is -0.644. The minimum absolute atomic E-state index is 0.0325. The molecule has 0 aliphatic rings. The summed E-state index contributed by atoms with van der Waals surface area (Å²) in [7, 11) is 3.27. The lowest BCUT2D eigenvalue weighted by Crippen LogP contribution is -2.16. The maximum absolute atomic E-state index is 13.3. The number of methoxy groups -OCH3 is 2. The number of benzene rings is 2. The van der Waals surface area contributed by atoms with E-state index in [9.17, 15) is 14.7 Å². The molecule has 0 aliphatic carbocycles. The summed E-state index contributed by atoms with van der Waals surface area (Å²) in [6, 6.07) is 6.18. The molecule has 0 saturated carbocycles. The Morgan fingerprint density at radius 2 is 0.600 bits per heavy atom. The Morgan fingerprint density at radius 3 is 0.884 bits per heavy atom. The van der Waals surface area contributed by atoms with Gasteiger partial charge in [0.05, 0.1) is 295 Å². The topological polar surface area (TPSA) is 285 Å². The standard InChI is InChI=1S/C66H109BrO28/c1-5-57-55-64(94-51-49-91-47-45-89-43-41-87-39-37-85-35-33-83-31-29-81-27-25-79-23-21-77-19-17-75-15-13-73-11-9-71-3)59(54-63(57)68)8-7-58-53-61(62(67)56-60(58)65(69)93-6-2)66(70)95-52-50-92-48-46-90-44-42-88-40-38-86-36-34-84-32-30-82-28-26-80-24-22-78-20-18-76-16-14-74-12-10-72-4/h5,7-8,53-56,68H,1,6,9-52H2,2-4H3/b8-7+. The number of phenolic OH excluding ortho intramolecular Hbond substituents is 1. The zero-order chi connectivity index (χ0) is 68.2. The first-order chi connectivity index (χ1) is 46.9. The summed E-state index contributed by atoms with van der Waals surface area (Å²) in [5.74, 6) is -0.867. The molecule has 548 valence electrons. The highest BCUT2D eigenvalue weighted by molar-refractivity contribution is 9.10. The largest absolute Gasteiger partial charge is 0.507 e. The normalized spacial score (nSPS) is 11.6. The molecule has 0 bridgehead atoms. The second kappa shape index (κ2) is 67.3. The first-order valence-electron chi connectivity index (χ1n) is 32.4. The van der Waals surface area contributed by atoms with Crippen molar-refractivity contribution in [3.63, 3.8) is 0 Å². The van der Waals surface area contributed by atoms with E-state index in [1.54, 1.807) is 39.4 Å². The van der Waals surface area contributed by atoms with Crippen LogP contribution in [0.1, 0.15) is 44.3 Å². The molecule has 95 heavy (non-hydrogen) atoms. The number of esters is 2. The number of hydrogen-bond acceptors (Lipinski definition) is 28. The van der Waals surface area contributed by atoms with Gasteiger partial charge in [0, 0.05) is 29.8 Å². The van der Waals surface area contributed by atoms with Gasteiger partial charge in [-0.05, 0) is 52.7 Å². The van der Waals surface area contributed by atoms with Crippen molar-refractivity contribution >= 4 is 46.1 Å². The summed E-state index contributed by atoms with van der Waals surface area (Å²) in [6.45, 7) is 24.5. The summed E-state index contributed by atoms with van der Waals surface area (Å²) >= 11 is 3.42. The molecule has 0 aliphatic heterocycles. The molecule has 2 aromatic carbocycles. The summed E-state index contributed by atoms with van der Waals surface area (Å²) in [5.41, 5.74) is 1.64. The van der Waals surface area contributed by atoms with Gasteiger partial charge in [-0.25, -0.2) is 9.59 Å². The average Bonchev–Trinajstić information content (AvgIpc) is 0.862. The van der Waals surface area contributed by atoms with E-state index in [-0.39, 0.29) is 56.5 Å².